The monoisotopic (exact) mass is 275 g/mol. The van der Waals surface area contributed by atoms with E-state index in [-0.39, 0.29) is 0 Å². The summed E-state index contributed by atoms with van der Waals surface area (Å²) in [6, 6.07) is 5.92. The van der Waals surface area contributed by atoms with Crippen LogP contribution in [0.1, 0.15) is 37.7 Å². The van der Waals surface area contributed by atoms with Gasteiger partial charge in [0.25, 0.3) is 0 Å². The summed E-state index contributed by atoms with van der Waals surface area (Å²) in [4.78, 5) is 0. The van der Waals surface area contributed by atoms with Crippen LogP contribution in [0.25, 0.3) is 0 Å². The molecule has 2 rings (SSSR count). The highest BCUT2D eigenvalue weighted by atomic mass is 16.5. The van der Waals surface area contributed by atoms with Crippen LogP contribution in [-0.2, 0) is 6.54 Å². The Morgan fingerprint density at radius 2 is 2.05 bits per heavy atom. The van der Waals surface area contributed by atoms with E-state index < -0.39 is 0 Å². The van der Waals surface area contributed by atoms with Gasteiger partial charge in [0, 0.05) is 12.1 Å². The van der Waals surface area contributed by atoms with Crippen LogP contribution < -0.4 is 14.8 Å². The number of methoxy groups -OCH3 is 2. The van der Waals surface area contributed by atoms with Gasteiger partial charge in [-0.3, -0.25) is 0 Å². The largest absolute Gasteiger partial charge is 0.497 e. The van der Waals surface area contributed by atoms with Gasteiger partial charge in [0.15, 0.2) is 0 Å². The Labute approximate surface area is 122 Å². The van der Waals surface area contributed by atoms with Crippen molar-refractivity contribution < 1.29 is 9.47 Å². The average Bonchev–Trinajstić information content (AvgIpc) is 2.52. The summed E-state index contributed by atoms with van der Waals surface area (Å²) < 4.78 is 10.6. The smallest absolute Gasteiger partial charge is 0.123 e. The first-order valence-corrected chi connectivity index (χ1v) is 7.43. The molecule has 1 N–H and O–H groups in total. The molecule has 1 aliphatic carbocycles. The Kier molecular flexibility index (Phi) is 5.93. The Morgan fingerprint density at radius 1 is 1.15 bits per heavy atom. The fourth-order valence-corrected chi connectivity index (χ4v) is 2.62. The Morgan fingerprint density at radius 3 is 2.75 bits per heavy atom. The Bertz CT molecular complexity index is 454. The van der Waals surface area contributed by atoms with E-state index in [9.17, 15) is 0 Å². The number of hydrogen-bond acceptors (Lipinski definition) is 3. The van der Waals surface area contributed by atoms with Gasteiger partial charge in [0.2, 0.25) is 0 Å². The third-order valence-corrected chi connectivity index (χ3v) is 3.81. The highest BCUT2D eigenvalue weighted by Gasteiger charge is 2.06. The molecule has 20 heavy (non-hydrogen) atoms. The molecular formula is C17H25NO2. The van der Waals surface area contributed by atoms with Crippen LogP contribution in [-0.4, -0.2) is 20.8 Å². The summed E-state index contributed by atoms with van der Waals surface area (Å²) in [6.07, 6.45) is 8.83. The molecule has 3 nitrogen and oxygen atoms in total. The molecule has 0 fully saturated rings. The molecular weight excluding hydrogens is 250 g/mol. The molecule has 0 saturated carbocycles. The van der Waals surface area contributed by atoms with Gasteiger partial charge in [-0.25, -0.2) is 0 Å². The predicted molar refractivity (Wildman–Crippen MR) is 82.4 cm³/mol. The molecule has 0 atom stereocenters. The van der Waals surface area contributed by atoms with Gasteiger partial charge in [0.1, 0.15) is 11.5 Å². The first-order valence-electron chi connectivity index (χ1n) is 7.43. The zero-order chi connectivity index (χ0) is 14.2. The second kappa shape index (κ2) is 7.95. The molecule has 0 saturated heterocycles. The minimum absolute atomic E-state index is 0.813. The Hall–Kier alpha value is -1.48. The lowest BCUT2D eigenvalue weighted by molar-refractivity contribution is 0.397. The van der Waals surface area contributed by atoms with Crippen LogP contribution in [0.3, 0.4) is 0 Å². The van der Waals surface area contributed by atoms with Crippen LogP contribution in [0.2, 0.25) is 0 Å². The number of nitrogens with one attached hydrogen (secondary N) is 1. The van der Waals surface area contributed by atoms with Gasteiger partial charge < -0.3 is 14.8 Å². The first kappa shape index (κ1) is 14.9. The molecule has 0 spiro atoms. The maximum Gasteiger partial charge on any atom is 0.123 e. The van der Waals surface area contributed by atoms with E-state index in [2.05, 4.69) is 11.4 Å². The van der Waals surface area contributed by atoms with E-state index in [0.717, 1.165) is 36.6 Å². The molecule has 0 radical (unpaired) electrons. The maximum absolute atomic E-state index is 5.38. The van der Waals surface area contributed by atoms with E-state index in [0.29, 0.717) is 0 Å². The minimum atomic E-state index is 0.813. The van der Waals surface area contributed by atoms with Gasteiger partial charge in [0.05, 0.1) is 14.2 Å². The molecule has 3 heteroatoms. The molecule has 0 aliphatic heterocycles. The highest BCUT2D eigenvalue weighted by molar-refractivity contribution is 5.40. The van der Waals surface area contributed by atoms with Crippen molar-refractivity contribution in [3.63, 3.8) is 0 Å². The second-order valence-corrected chi connectivity index (χ2v) is 5.21. The van der Waals surface area contributed by atoms with Gasteiger partial charge in [-0.2, -0.15) is 0 Å². The van der Waals surface area contributed by atoms with Crippen LogP contribution in [0.15, 0.2) is 29.8 Å². The van der Waals surface area contributed by atoms with Crippen molar-refractivity contribution >= 4 is 0 Å². The first-order chi connectivity index (χ1) is 9.83. The molecule has 1 aromatic carbocycles. The van der Waals surface area contributed by atoms with Gasteiger partial charge >= 0.3 is 0 Å². The molecule has 0 aromatic heterocycles. The van der Waals surface area contributed by atoms with E-state index in [1.165, 1.54) is 25.7 Å². The zero-order valence-electron chi connectivity index (χ0n) is 12.6. The van der Waals surface area contributed by atoms with E-state index >= 15 is 0 Å². The predicted octanol–water partition coefficient (Wildman–Crippen LogP) is 3.68. The van der Waals surface area contributed by atoms with Crippen LogP contribution in [0.4, 0.5) is 0 Å². The van der Waals surface area contributed by atoms with Gasteiger partial charge in [-0.15, -0.1) is 0 Å². The molecule has 0 bridgehead atoms. The van der Waals surface area contributed by atoms with Crippen LogP contribution in [0.5, 0.6) is 11.5 Å². The quantitative estimate of drug-likeness (QED) is 0.608. The summed E-state index contributed by atoms with van der Waals surface area (Å²) in [6.45, 7) is 1.83. The summed E-state index contributed by atoms with van der Waals surface area (Å²) in [5.41, 5.74) is 2.76. The third-order valence-electron chi connectivity index (χ3n) is 3.81. The number of allylic oxidation sites excluding steroid dienone is 1. The van der Waals surface area contributed by atoms with Crippen molar-refractivity contribution in [1.29, 1.82) is 0 Å². The van der Waals surface area contributed by atoms with Crippen LogP contribution >= 0.6 is 0 Å². The number of ether oxygens (including phenoxy) is 2. The van der Waals surface area contributed by atoms with E-state index in [4.69, 9.17) is 9.47 Å². The van der Waals surface area contributed by atoms with E-state index in [1.54, 1.807) is 19.8 Å². The zero-order valence-corrected chi connectivity index (χ0v) is 12.6. The van der Waals surface area contributed by atoms with Crippen molar-refractivity contribution in [2.75, 3.05) is 20.8 Å². The average molecular weight is 275 g/mol. The summed E-state index contributed by atoms with van der Waals surface area (Å²) in [7, 11) is 3.40. The van der Waals surface area contributed by atoms with Crippen molar-refractivity contribution in [3.8, 4) is 11.5 Å². The molecule has 0 heterocycles. The van der Waals surface area contributed by atoms with Crippen molar-refractivity contribution in [2.24, 2.45) is 0 Å². The number of benzene rings is 1. The number of rotatable bonds is 7. The normalized spacial score (nSPS) is 14.8. The number of hydrogen-bond donors (Lipinski definition) is 1. The SMILES string of the molecule is COc1ccc(OC)c(CNCCC2=CCCCC2)c1. The molecule has 0 unspecified atom stereocenters. The van der Waals surface area contributed by atoms with E-state index in [1.807, 2.05) is 18.2 Å². The van der Waals surface area contributed by atoms with Crippen molar-refractivity contribution in [2.45, 2.75) is 38.6 Å². The topological polar surface area (TPSA) is 30.5 Å². The fourth-order valence-electron chi connectivity index (χ4n) is 2.62. The lowest BCUT2D eigenvalue weighted by Gasteiger charge is -2.14. The second-order valence-electron chi connectivity index (χ2n) is 5.21. The Balaban J connectivity index is 1.82. The van der Waals surface area contributed by atoms with Crippen molar-refractivity contribution in [3.05, 3.63) is 35.4 Å². The third kappa shape index (κ3) is 4.27. The summed E-state index contributed by atoms with van der Waals surface area (Å²) in [5, 5.41) is 3.50. The lowest BCUT2D eigenvalue weighted by Crippen LogP contribution is -2.16. The standard InChI is InChI=1S/C17H25NO2/c1-19-16-8-9-17(20-2)15(12-16)13-18-11-10-14-6-4-3-5-7-14/h6,8-9,12,18H,3-5,7,10-11,13H2,1-2H3. The molecule has 0 amide bonds. The van der Waals surface area contributed by atoms with Gasteiger partial charge in [-0.05, 0) is 56.8 Å². The summed E-state index contributed by atoms with van der Waals surface area (Å²) in [5.74, 6) is 1.78. The lowest BCUT2D eigenvalue weighted by atomic mass is 9.97. The molecule has 1 aliphatic rings. The van der Waals surface area contributed by atoms with Gasteiger partial charge in [-0.1, -0.05) is 11.6 Å². The van der Waals surface area contributed by atoms with Crippen LogP contribution in [0, 0.1) is 0 Å². The van der Waals surface area contributed by atoms with Crippen molar-refractivity contribution in [1.82, 2.24) is 5.32 Å². The maximum atomic E-state index is 5.38. The molecule has 1 aromatic rings. The highest BCUT2D eigenvalue weighted by Crippen LogP contribution is 2.24. The fraction of sp³-hybridized carbons (Fsp3) is 0.529. The summed E-state index contributed by atoms with van der Waals surface area (Å²) >= 11 is 0. The minimum Gasteiger partial charge on any atom is -0.497 e. The molecule has 110 valence electrons.